The molecule has 0 aliphatic carbocycles. The summed E-state index contributed by atoms with van der Waals surface area (Å²) in [5.74, 6) is 0. The third-order valence-corrected chi connectivity index (χ3v) is 5.12. The van der Waals surface area contributed by atoms with Gasteiger partial charge in [0.05, 0.1) is 17.4 Å². The van der Waals surface area contributed by atoms with E-state index in [1.807, 2.05) is 30.3 Å². The SMILES string of the molecule is N#CCc1ccc(S(=O)(=O)NCc2ccccc2Br)cc1. The zero-order valence-corrected chi connectivity index (χ0v) is 13.5. The van der Waals surface area contributed by atoms with E-state index in [9.17, 15) is 8.42 Å². The highest BCUT2D eigenvalue weighted by molar-refractivity contribution is 9.10. The third-order valence-electron chi connectivity index (χ3n) is 2.93. The van der Waals surface area contributed by atoms with Gasteiger partial charge in [-0.1, -0.05) is 46.3 Å². The molecule has 0 amide bonds. The Balaban J connectivity index is 2.12. The van der Waals surface area contributed by atoms with Gasteiger partial charge in [0.25, 0.3) is 0 Å². The van der Waals surface area contributed by atoms with Crippen molar-refractivity contribution >= 4 is 26.0 Å². The van der Waals surface area contributed by atoms with Gasteiger partial charge in [0.1, 0.15) is 0 Å². The number of hydrogen-bond donors (Lipinski definition) is 1. The minimum atomic E-state index is -3.56. The highest BCUT2D eigenvalue weighted by Crippen LogP contribution is 2.17. The fourth-order valence-corrected chi connectivity index (χ4v) is 3.21. The molecule has 1 N–H and O–H groups in total. The van der Waals surface area contributed by atoms with Gasteiger partial charge in [-0.15, -0.1) is 0 Å². The molecule has 0 radical (unpaired) electrons. The number of benzene rings is 2. The number of rotatable bonds is 5. The normalized spacial score (nSPS) is 11.0. The molecule has 21 heavy (non-hydrogen) atoms. The van der Waals surface area contributed by atoms with Crippen LogP contribution in [0.25, 0.3) is 0 Å². The summed E-state index contributed by atoms with van der Waals surface area (Å²) < 4.78 is 27.8. The number of nitriles is 1. The summed E-state index contributed by atoms with van der Waals surface area (Å²) in [4.78, 5) is 0.191. The molecule has 0 aliphatic heterocycles. The number of halogens is 1. The van der Waals surface area contributed by atoms with E-state index in [1.165, 1.54) is 12.1 Å². The molecule has 0 heterocycles. The first-order chi connectivity index (χ1) is 10.0. The Kier molecular flexibility index (Phi) is 5.12. The van der Waals surface area contributed by atoms with Gasteiger partial charge in [-0.05, 0) is 29.3 Å². The Labute approximate surface area is 132 Å². The maximum Gasteiger partial charge on any atom is 0.240 e. The van der Waals surface area contributed by atoms with E-state index < -0.39 is 10.0 Å². The molecule has 0 unspecified atom stereocenters. The third kappa shape index (κ3) is 4.14. The summed E-state index contributed by atoms with van der Waals surface area (Å²) in [6.07, 6.45) is 0.269. The minimum absolute atomic E-state index is 0.191. The molecular weight excluding hydrogens is 352 g/mol. The van der Waals surface area contributed by atoms with Gasteiger partial charge < -0.3 is 0 Å². The van der Waals surface area contributed by atoms with Gasteiger partial charge in [0.2, 0.25) is 10.0 Å². The lowest BCUT2D eigenvalue weighted by atomic mass is 10.2. The van der Waals surface area contributed by atoms with Crippen LogP contribution >= 0.6 is 15.9 Å². The summed E-state index contributed by atoms with van der Waals surface area (Å²) in [6, 6.07) is 15.8. The molecule has 4 nitrogen and oxygen atoms in total. The summed E-state index contributed by atoms with van der Waals surface area (Å²) in [6.45, 7) is 0.212. The van der Waals surface area contributed by atoms with Crippen LogP contribution in [0.5, 0.6) is 0 Å². The van der Waals surface area contributed by atoms with Crippen molar-refractivity contribution in [3.8, 4) is 6.07 Å². The molecular formula is C15H13BrN2O2S. The maximum atomic E-state index is 12.2. The fraction of sp³-hybridized carbons (Fsp3) is 0.133. The first kappa shape index (κ1) is 15.7. The monoisotopic (exact) mass is 364 g/mol. The average Bonchev–Trinajstić information content (AvgIpc) is 2.47. The van der Waals surface area contributed by atoms with Gasteiger partial charge in [-0.25, -0.2) is 13.1 Å². The molecule has 0 aromatic heterocycles. The summed E-state index contributed by atoms with van der Waals surface area (Å²) in [5.41, 5.74) is 1.66. The molecule has 0 atom stereocenters. The molecule has 0 spiro atoms. The van der Waals surface area contributed by atoms with Crippen molar-refractivity contribution < 1.29 is 8.42 Å². The summed E-state index contributed by atoms with van der Waals surface area (Å²) in [5, 5.41) is 8.60. The highest BCUT2D eigenvalue weighted by atomic mass is 79.9. The van der Waals surface area contributed by atoms with Crippen molar-refractivity contribution in [2.24, 2.45) is 0 Å². The van der Waals surface area contributed by atoms with Crippen LogP contribution in [0.4, 0.5) is 0 Å². The largest absolute Gasteiger partial charge is 0.240 e. The second-order valence-electron chi connectivity index (χ2n) is 4.39. The average molecular weight is 365 g/mol. The van der Waals surface area contributed by atoms with Crippen LogP contribution in [-0.2, 0) is 23.0 Å². The van der Waals surface area contributed by atoms with Crippen molar-refractivity contribution in [2.75, 3.05) is 0 Å². The van der Waals surface area contributed by atoms with Crippen molar-refractivity contribution in [2.45, 2.75) is 17.9 Å². The molecule has 2 rings (SSSR count). The second-order valence-corrected chi connectivity index (χ2v) is 7.02. The van der Waals surface area contributed by atoms with Gasteiger partial charge in [0.15, 0.2) is 0 Å². The zero-order valence-electron chi connectivity index (χ0n) is 11.1. The van der Waals surface area contributed by atoms with Crippen LogP contribution < -0.4 is 4.72 Å². The number of nitrogens with one attached hydrogen (secondary N) is 1. The number of nitrogens with zero attached hydrogens (tertiary/aromatic N) is 1. The number of hydrogen-bond acceptors (Lipinski definition) is 3. The van der Waals surface area contributed by atoms with Crippen LogP contribution in [0.2, 0.25) is 0 Å². The Hall–Kier alpha value is -1.68. The lowest BCUT2D eigenvalue weighted by molar-refractivity contribution is 0.581. The molecule has 0 fully saturated rings. The van der Waals surface area contributed by atoms with E-state index in [0.29, 0.717) is 0 Å². The predicted molar refractivity (Wildman–Crippen MR) is 83.9 cm³/mol. The molecule has 0 saturated heterocycles. The maximum absolute atomic E-state index is 12.2. The van der Waals surface area contributed by atoms with Crippen molar-refractivity contribution in [1.29, 1.82) is 5.26 Å². The smallest absolute Gasteiger partial charge is 0.207 e. The molecule has 108 valence electrons. The van der Waals surface area contributed by atoms with E-state index in [4.69, 9.17) is 5.26 Å². The van der Waals surface area contributed by atoms with E-state index in [0.717, 1.165) is 15.6 Å². The van der Waals surface area contributed by atoms with Gasteiger partial charge >= 0.3 is 0 Å². The standard InChI is InChI=1S/C15H13BrN2O2S/c16-15-4-2-1-3-13(15)11-18-21(19,20)14-7-5-12(6-8-14)9-10-17/h1-8,18H,9,11H2. The van der Waals surface area contributed by atoms with Crippen LogP contribution in [0.3, 0.4) is 0 Å². The topological polar surface area (TPSA) is 70.0 Å². The van der Waals surface area contributed by atoms with Crippen molar-refractivity contribution in [3.05, 3.63) is 64.1 Å². The molecule has 2 aromatic rings. The Bertz CT molecular complexity index is 765. The zero-order chi connectivity index (χ0) is 15.3. The molecule has 0 aliphatic rings. The van der Waals surface area contributed by atoms with Gasteiger partial charge in [-0.2, -0.15) is 5.26 Å². The summed E-state index contributed by atoms with van der Waals surface area (Å²) in [7, 11) is -3.56. The second kappa shape index (κ2) is 6.85. The van der Waals surface area contributed by atoms with Crippen LogP contribution in [0.15, 0.2) is 57.9 Å². The lowest BCUT2D eigenvalue weighted by Gasteiger charge is -2.08. The van der Waals surface area contributed by atoms with Crippen LogP contribution in [0.1, 0.15) is 11.1 Å². The number of sulfonamides is 1. The fourth-order valence-electron chi connectivity index (χ4n) is 1.78. The molecule has 2 aromatic carbocycles. The Morgan fingerprint density at radius 1 is 1.10 bits per heavy atom. The molecule has 0 bridgehead atoms. The summed E-state index contributed by atoms with van der Waals surface area (Å²) >= 11 is 3.38. The van der Waals surface area contributed by atoms with E-state index in [-0.39, 0.29) is 17.9 Å². The van der Waals surface area contributed by atoms with Crippen molar-refractivity contribution in [1.82, 2.24) is 4.72 Å². The predicted octanol–water partition coefficient (Wildman–Crippen LogP) is 2.99. The van der Waals surface area contributed by atoms with E-state index in [2.05, 4.69) is 20.7 Å². The Morgan fingerprint density at radius 3 is 2.38 bits per heavy atom. The lowest BCUT2D eigenvalue weighted by Crippen LogP contribution is -2.23. The molecule has 0 saturated carbocycles. The molecule has 6 heteroatoms. The Morgan fingerprint density at radius 2 is 1.76 bits per heavy atom. The van der Waals surface area contributed by atoms with Crippen LogP contribution in [-0.4, -0.2) is 8.42 Å². The van der Waals surface area contributed by atoms with Gasteiger partial charge in [-0.3, -0.25) is 0 Å². The van der Waals surface area contributed by atoms with Crippen molar-refractivity contribution in [3.63, 3.8) is 0 Å². The quantitative estimate of drug-likeness (QED) is 0.886. The van der Waals surface area contributed by atoms with E-state index in [1.54, 1.807) is 12.1 Å². The highest BCUT2D eigenvalue weighted by Gasteiger charge is 2.14. The minimum Gasteiger partial charge on any atom is -0.207 e. The van der Waals surface area contributed by atoms with E-state index >= 15 is 0 Å². The first-order valence-corrected chi connectivity index (χ1v) is 8.49. The van der Waals surface area contributed by atoms with Crippen LogP contribution in [0, 0.1) is 11.3 Å². The first-order valence-electron chi connectivity index (χ1n) is 6.22. The van der Waals surface area contributed by atoms with Gasteiger partial charge in [0, 0.05) is 11.0 Å².